The molecule has 1 aliphatic heterocycles. The van der Waals surface area contributed by atoms with Gasteiger partial charge in [0.05, 0.1) is 0 Å². The molecule has 0 bridgehead atoms. The first-order valence-electron chi connectivity index (χ1n) is 8.05. The van der Waals surface area contributed by atoms with E-state index in [0.717, 1.165) is 34.3 Å². The minimum atomic E-state index is -0.846. The summed E-state index contributed by atoms with van der Waals surface area (Å²) in [7, 11) is 0. The molecular weight excluding hydrogens is 288 g/mol. The summed E-state index contributed by atoms with van der Waals surface area (Å²) in [4.78, 5) is 12.8. The molecule has 1 aliphatic rings. The molecule has 1 atom stereocenters. The Labute approximate surface area is 134 Å². The van der Waals surface area contributed by atoms with Crippen molar-refractivity contribution >= 4 is 16.9 Å². The highest BCUT2D eigenvalue weighted by atomic mass is 16.5. The van der Waals surface area contributed by atoms with Crippen LogP contribution in [0.2, 0.25) is 0 Å². The van der Waals surface area contributed by atoms with Crippen molar-refractivity contribution in [2.75, 3.05) is 0 Å². The third-order valence-electron chi connectivity index (χ3n) is 4.87. The van der Waals surface area contributed by atoms with Gasteiger partial charge in [-0.2, -0.15) is 0 Å². The molecule has 1 unspecified atom stereocenters. The summed E-state index contributed by atoms with van der Waals surface area (Å²) < 4.78 is 11.8. The molecule has 0 N–H and O–H groups in total. The summed E-state index contributed by atoms with van der Waals surface area (Å²) in [6, 6.07) is 15.6. The molecule has 0 amide bonds. The minimum Gasteiger partial charge on any atom is -0.459 e. The van der Waals surface area contributed by atoms with Gasteiger partial charge >= 0.3 is 5.97 Å². The van der Waals surface area contributed by atoms with Crippen molar-refractivity contribution in [3.05, 3.63) is 65.4 Å². The van der Waals surface area contributed by atoms with Gasteiger partial charge in [-0.05, 0) is 25.0 Å². The summed E-state index contributed by atoms with van der Waals surface area (Å²) in [5.74, 6) is 1.13. The Hall–Kier alpha value is -2.55. The van der Waals surface area contributed by atoms with Crippen LogP contribution in [0.3, 0.4) is 0 Å². The zero-order valence-corrected chi connectivity index (χ0v) is 13.3. The topological polar surface area (TPSA) is 39.4 Å². The van der Waals surface area contributed by atoms with Gasteiger partial charge in [-0.15, -0.1) is 0 Å². The van der Waals surface area contributed by atoms with Crippen LogP contribution in [0.1, 0.15) is 37.2 Å². The fourth-order valence-electron chi connectivity index (χ4n) is 3.71. The number of hydrogen-bond acceptors (Lipinski definition) is 3. The molecule has 2 heterocycles. The van der Waals surface area contributed by atoms with E-state index in [1.807, 2.05) is 49.4 Å². The average Bonchev–Trinajstić information content (AvgIpc) is 3.09. The molecule has 116 valence electrons. The molecule has 0 spiro atoms. The molecule has 0 fully saturated rings. The average molecular weight is 306 g/mol. The lowest BCUT2D eigenvalue weighted by Gasteiger charge is -2.23. The van der Waals surface area contributed by atoms with E-state index in [9.17, 15) is 4.79 Å². The number of rotatable bonds is 3. The largest absolute Gasteiger partial charge is 0.459 e. The molecule has 3 nitrogen and oxygen atoms in total. The lowest BCUT2D eigenvalue weighted by Crippen LogP contribution is -2.34. The third-order valence-corrected chi connectivity index (χ3v) is 4.87. The zero-order valence-electron chi connectivity index (χ0n) is 13.3. The number of aryl methyl sites for hydroxylation is 1. The number of hydrogen-bond donors (Lipinski definition) is 0. The van der Waals surface area contributed by atoms with Crippen molar-refractivity contribution in [3.63, 3.8) is 0 Å². The van der Waals surface area contributed by atoms with E-state index in [2.05, 4.69) is 13.0 Å². The number of esters is 1. The second kappa shape index (κ2) is 4.98. The van der Waals surface area contributed by atoms with E-state index in [4.69, 9.17) is 9.15 Å². The van der Waals surface area contributed by atoms with Crippen molar-refractivity contribution in [1.29, 1.82) is 0 Å². The van der Waals surface area contributed by atoms with Crippen LogP contribution in [0.25, 0.3) is 11.0 Å². The number of benzene rings is 2. The van der Waals surface area contributed by atoms with E-state index < -0.39 is 5.41 Å². The summed E-state index contributed by atoms with van der Waals surface area (Å²) in [5.41, 5.74) is 1.97. The van der Waals surface area contributed by atoms with Gasteiger partial charge in [0.1, 0.15) is 17.1 Å². The number of carbonyl (C=O) groups is 1. The van der Waals surface area contributed by atoms with Gasteiger partial charge < -0.3 is 9.15 Å². The van der Waals surface area contributed by atoms with Crippen molar-refractivity contribution in [2.45, 2.75) is 32.1 Å². The lowest BCUT2D eigenvalue weighted by atomic mass is 9.75. The zero-order chi connectivity index (χ0) is 16.0. The molecule has 0 saturated carbocycles. The van der Waals surface area contributed by atoms with Crippen LogP contribution in [-0.2, 0) is 16.6 Å². The van der Waals surface area contributed by atoms with Crippen molar-refractivity contribution < 1.29 is 13.9 Å². The van der Waals surface area contributed by atoms with Crippen LogP contribution < -0.4 is 4.74 Å². The first-order chi connectivity index (χ1) is 11.2. The number of para-hydroxylation sites is 2. The van der Waals surface area contributed by atoms with Gasteiger partial charge in [-0.3, -0.25) is 4.79 Å². The molecule has 3 aromatic rings. The molecule has 3 heteroatoms. The second-order valence-electron chi connectivity index (χ2n) is 5.90. The molecule has 0 radical (unpaired) electrons. The third kappa shape index (κ3) is 1.73. The van der Waals surface area contributed by atoms with E-state index in [1.165, 1.54) is 0 Å². The van der Waals surface area contributed by atoms with Crippen molar-refractivity contribution in [3.8, 4) is 5.75 Å². The number of ether oxygens (including phenoxy) is 1. The minimum absolute atomic E-state index is 0.241. The lowest BCUT2D eigenvalue weighted by molar-refractivity contribution is -0.137. The van der Waals surface area contributed by atoms with Gasteiger partial charge in [0, 0.05) is 16.5 Å². The van der Waals surface area contributed by atoms with E-state index >= 15 is 0 Å². The quantitative estimate of drug-likeness (QED) is 0.524. The number of carbonyl (C=O) groups excluding carboxylic acids is 1. The summed E-state index contributed by atoms with van der Waals surface area (Å²) in [6.45, 7) is 4.10. The molecule has 0 saturated heterocycles. The Morgan fingerprint density at radius 1 is 1.00 bits per heavy atom. The van der Waals surface area contributed by atoms with Crippen LogP contribution in [0.5, 0.6) is 5.75 Å². The summed E-state index contributed by atoms with van der Waals surface area (Å²) >= 11 is 0. The predicted octanol–water partition coefficient (Wildman–Crippen LogP) is 4.61. The fraction of sp³-hybridized carbons (Fsp3) is 0.250. The maximum absolute atomic E-state index is 12.8. The van der Waals surface area contributed by atoms with Crippen molar-refractivity contribution in [2.24, 2.45) is 0 Å². The van der Waals surface area contributed by atoms with E-state index in [-0.39, 0.29) is 5.97 Å². The highest BCUT2D eigenvalue weighted by Crippen LogP contribution is 2.49. The predicted molar refractivity (Wildman–Crippen MR) is 88.7 cm³/mol. The van der Waals surface area contributed by atoms with Gasteiger partial charge in [-0.25, -0.2) is 0 Å². The smallest absolute Gasteiger partial charge is 0.329 e. The molecule has 2 aromatic carbocycles. The highest BCUT2D eigenvalue weighted by molar-refractivity contribution is 5.96. The Balaban J connectivity index is 2.07. The maximum Gasteiger partial charge on any atom is 0.329 e. The van der Waals surface area contributed by atoms with Crippen molar-refractivity contribution in [1.82, 2.24) is 0 Å². The van der Waals surface area contributed by atoms with Gasteiger partial charge in [0.25, 0.3) is 0 Å². The molecule has 1 aromatic heterocycles. The highest BCUT2D eigenvalue weighted by Gasteiger charge is 2.52. The molecule has 4 rings (SSSR count). The number of furan rings is 1. The summed E-state index contributed by atoms with van der Waals surface area (Å²) in [6.07, 6.45) is 1.42. The first kappa shape index (κ1) is 14.1. The molecule has 0 aliphatic carbocycles. The van der Waals surface area contributed by atoms with E-state index in [0.29, 0.717) is 12.2 Å². The Morgan fingerprint density at radius 3 is 2.52 bits per heavy atom. The first-order valence-corrected chi connectivity index (χ1v) is 8.05. The monoisotopic (exact) mass is 306 g/mol. The normalized spacial score (nSPS) is 19.8. The standard InChI is InChI=1S/C20H18O3/c1-3-13-14-9-5-7-11-16(14)22-18(13)20(4-2)15-10-6-8-12-17(15)23-19(20)21/h5-12H,3-4H2,1-2H3. The molecular formula is C20H18O3. The Morgan fingerprint density at radius 2 is 1.74 bits per heavy atom. The number of fused-ring (bicyclic) bond motifs is 2. The van der Waals surface area contributed by atoms with Gasteiger partial charge in [-0.1, -0.05) is 50.2 Å². The fourth-order valence-corrected chi connectivity index (χ4v) is 3.71. The van der Waals surface area contributed by atoms with Crippen LogP contribution in [0.15, 0.2) is 52.9 Å². The van der Waals surface area contributed by atoms with Crippen LogP contribution in [-0.4, -0.2) is 5.97 Å². The summed E-state index contributed by atoms with van der Waals surface area (Å²) in [5, 5.41) is 1.08. The van der Waals surface area contributed by atoms with E-state index in [1.54, 1.807) is 0 Å². The maximum atomic E-state index is 12.8. The van der Waals surface area contributed by atoms with Crippen LogP contribution >= 0.6 is 0 Å². The SMILES string of the molecule is CCc1c(C2(CC)C(=O)Oc3ccccc32)oc2ccccc12. The Kier molecular flexibility index (Phi) is 3.05. The van der Waals surface area contributed by atoms with Gasteiger partial charge in [0.15, 0.2) is 5.41 Å². The molecule has 23 heavy (non-hydrogen) atoms. The van der Waals surface area contributed by atoms with Crippen LogP contribution in [0.4, 0.5) is 0 Å². The Bertz CT molecular complexity index is 906. The van der Waals surface area contributed by atoms with Crippen LogP contribution in [0, 0.1) is 0 Å². The second-order valence-corrected chi connectivity index (χ2v) is 5.90. The van der Waals surface area contributed by atoms with Gasteiger partial charge in [0.2, 0.25) is 0 Å².